The van der Waals surface area contributed by atoms with Crippen LogP contribution in [-0.4, -0.2) is 49.3 Å². The van der Waals surface area contributed by atoms with Crippen molar-refractivity contribution in [3.05, 3.63) is 60.8 Å². The number of hydrogen-bond acceptors (Lipinski definition) is 8. The van der Waals surface area contributed by atoms with Gasteiger partial charge in [-0.25, -0.2) is 4.57 Å². The first-order chi connectivity index (χ1) is 29.8. The highest BCUT2D eigenvalue weighted by Gasteiger charge is 2.26. The molecule has 10 heteroatoms. The van der Waals surface area contributed by atoms with Crippen molar-refractivity contribution in [2.45, 2.75) is 225 Å². The molecule has 0 rings (SSSR count). The highest BCUT2D eigenvalue weighted by Crippen LogP contribution is 2.43. The van der Waals surface area contributed by atoms with Crippen LogP contribution in [0.25, 0.3) is 0 Å². The molecule has 2 unspecified atom stereocenters. The van der Waals surface area contributed by atoms with Gasteiger partial charge in [0.15, 0.2) is 6.10 Å². The van der Waals surface area contributed by atoms with E-state index < -0.39 is 32.5 Å². The number of rotatable bonds is 46. The molecule has 0 aliphatic carbocycles. The lowest BCUT2D eigenvalue weighted by atomic mass is 10.0. The number of nitrogens with two attached hydrogens (primary N) is 1. The SMILES string of the molecule is CC/C=C\C/C=C\C/C=C\C/C=C\CCCCC(=O)OC(COC(=O)CCCCCCCCCCCCCCC/C=C\CCCCCCCCCC)COP(=O)(O)OCCN. The maximum absolute atomic E-state index is 12.6. The minimum absolute atomic E-state index is 0.0447. The fraction of sp³-hybridized carbons (Fsp3) is 0.765. The molecule has 0 saturated carbocycles. The van der Waals surface area contributed by atoms with Crippen LogP contribution in [0.4, 0.5) is 0 Å². The number of allylic oxidation sites excluding steroid dienone is 10. The summed E-state index contributed by atoms with van der Waals surface area (Å²) in [5.41, 5.74) is 5.35. The normalized spacial score (nSPS) is 13.7. The van der Waals surface area contributed by atoms with Crippen molar-refractivity contribution in [3.8, 4) is 0 Å². The van der Waals surface area contributed by atoms with Crippen LogP contribution in [0.1, 0.15) is 219 Å². The summed E-state index contributed by atoms with van der Waals surface area (Å²) in [5.74, 6) is -0.875. The Bertz CT molecular complexity index is 1180. The third-order valence-corrected chi connectivity index (χ3v) is 11.4. The van der Waals surface area contributed by atoms with Gasteiger partial charge in [-0.05, 0) is 77.0 Å². The molecule has 0 aromatic carbocycles. The summed E-state index contributed by atoms with van der Waals surface area (Å²) < 4.78 is 32.8. The fourth-order valence-corrected chi connectivity index (χ4v) is 7.50. The summed E-state index contributed by atoms with van der Waals surface area (Å²) in [6.45, 7) is 3.58. The van der Waals surface area contributed by atoms with Crippen LogP contribution in [0.3, 0.4) is 0 Å². The Morgan fingerprint density at radius 1 is 0.508 bits per heavy atom. The van der Waals surface area contributed by atoms with Crippen molar-refractivity contribution in [2.24, 2.45) is 5.73 Å². The molecule has 3 N–H and O–H groups in total. The van der Waals surface area contributed by atoms with Gasteiger partial charge in [0.2, 0.25) is 0 Å². The van der Waals surface area contributed by atoms with E-state index >= 15 is 0 Å². The standard InChI is InChI=1S/C51H92NO8P/c1-3-5-7-9-11-13-15-17-19-20-21-22-23-24-25-26-27-28-30-31-33-35-37-39-41-43-50(53)57-47-49(48-59-61(55,56)58-46-45-52)60-51(54)44-42-40-38-36-34-32-29-18-16-14-12-10-8-6-4-2/h6,8,12,14,18,20-21,29,34,36,49H,3-5,7,9-11,13,15-17,19,22-28,30-33,35,37-48,52H2,1-2H3,(H,55,56)/b8-6-,14-12-,21-20-,29-18-,36-34-. The van der Waals surface area contributed by atoms with Gasteiger partial charge in [0.1, 0.15) is 6.61 Å². The second-order valence-corrected chi connectivity index (χ2v) is 17.8. The summed E-state index contributed by atoms with van der Waals surface area (Å²) in [7, 11) is -4.39. The van der Waals surface area contributed by atoms with Crippen molar-refractivity contribution in [1.82, 2.24) is 0 Å². The van der Waals surface area contributed by atoms with Gasteiger partial charge >= 0.3 is 19.8 Å². The Morgan fingerprint density at radius 3 is 1.39 bits per heavy atom. The van der Waals surface area contributed by atoms with Crippen LogP contribution < -0.4 is 5.73 Å². The first kappa shape index (κ1) is 58.7. The van der Waals surface area contributed by atoms with E-state index in [0.717, 1.165) is 57.8 Å². The molecule has 0 aromatic rings. The Morgan fingerprint density at radius 2 is 0.902 bits per heavy atom. The van der Waals surface area contributed by atoms with Gasteiger partial charge in [-0.15, -0.1) is 0 Å². The van der Waals surface area contributed by atoms with Crippen molar-refractivity contribution < 1.29 is 37.6 Å². The largest absolute Gasteiger partial charge is 0.472 e. The van der Waals surface area contributed by atoms with E-state index in [4.69, 9.17) is 24.3 Å². The number of ether oxygens (including phenoxy) is 2. The number of hydrogen-bond donors (Lipinski definition) is 2. The van der Waals surface area contributed by atoms with Crippen LogP contribution >= 0.6 is 7.82 Å². The highest BCUT2D eigenvalue weighted by molar-refractivity contribution is 7.47. The number of carbonyl (C=O) groups is 2. The molecule has 61 heavy (non-hydrogen) atoms. The first-order valence-corrected chi connectivity index (χ1v) is 26.3. The Hall–Kier alpha value is -2.29. The maximum atomic E-state index is 12.6. The van der Waals surface area contributed by atoms with E-state index in [1.165, 1.54) is 128 Å². The molecular weight excluding hydrogens is 786 g/mol. The fourth-order valence-electron chi connectivity index (χ4n) is 6.74. The van der Waals surface area contributed by atoms with E-state index in [-0.39, 0.29) is 32.6 Å². The third-order valence-electron chi connectivity index (χ3n) is 10.4. The van der Waals surface area contributed by atoms with Gasteiger partial charge in [0.25, 0.3) is 0 Å². The molecule has 0 aliphatic rings. The molecule has 0 aromatic heterocycles. The van der Waals surface area contributed by atoms with Crippen LogP contribution in [-0.2, 0) is 32.7 Å². The minimum Gasteiger partial charge on any atom is -0.462 e. The zero-order valence-corrected chi connectivity index (χ0v) is 40.0. The van der Waals surface area contributed by atoms with Gasteiger partial charge in [-0.1, -0.05) is 190 Å². The first-order valence-electron chi connectivity index (χ1n) is 24.8. The lowest BCUT2D eigenvalue weighted by Gasteiger charge is -2.19. The van der Waals surface area contributed by atoms with Crippen LogP contribution in [0.5, 0.6) is 0 Å². The lowest BCUT2D eigenvalue weighted by molar-refractivity contribution is -0.161. The van der Waals surface area contributed by atoms with Crippen LogP contribution in [0.15, 0.2) is 60.8 Å². The van der Waals surface area contributed by atoms with Crippen molar-refractivity contribution in [1.29, 1.82) is 0 Å². The predicted octanol–water partition coefficient (Wildman–Crippen LogP) is 14.8. The molecule has 0 heterocycles. The van der Waals surface area contributed by atoms with E-state index in [1.807, 2.05) is 0 Å². The predicted molar refractivity (Wildman–Crippen MR) is 256 cm³/mol. The average molecular weight is 878 g/mol. The maximum Gasteiger partial charge on any atom is 0.472 e. The quantitative estimate of drug-likeness (QED) is 0.0265. The molecule has 2 atom stereocenters. The summed E-state index contributed by atoms with van der Waals surface area (Å²) in [6.07, 6.45) is 57.0. The monoisotopic (exact) mass is 878 g/mol. The second-order valence-electron chi connectivity index (χ2n) is 16.3. The van der Waals surface area contributed by atoms with Crippen molar-refractivity contribution in [2.75, 3.05) is 26.4 Å². The molecule has 0 saturated heterocycles. The zero-order chi connectivity index (χ0) is 44.6. The second kappa shape index (κ2) is 47.2. The third kappa shape index (κ3) is 47.0. The number of unbranched alkanes of at least 4 members (excludes halogenated alkanes) is 23. The van der Waals surface area contributed by atoms with E-state index in [0.29, 0.717) is 6.42 Å². The number of carbonyl (C=O) groups excluding carboxylic acids is 2. The summed E-state index contributed by atoms with van der Waals surface area (Å²) in [6, 6.07) is 0. The molecule has 0 spiro atoms. The van der Waals surface area contributed by atoms with Crippen LogP contribution in [0.2, 0.25) is 0 Å². The van der Waals surface area contributed by atoms with Crippen LogP contribution in [0, 0.1) is 0 Å². The average Bonchev–Trinajstić information content (AvgIpc) is 3.25. The number of esters is 2. The van der Waals surface area contributed by atoms with Crippen molar-refractivity contribution in [3.63, 3.8) is 0 Å². The zero-order valence-electron chi connectivity index (χ0n) is 39.1. The lowest BCUT2D eigenvalue weighted by Crippen LogP contribution is -2.29. The highest BCUT2D eigenvalue weighted by atomic mass is 31.2. The summed E-state index contributed by atoms with van der Waals surface area (Å²) >= 11 is 0. The van der Waals surface area contributed by atoms with E-state index in [9.17, 15) is 19.0 Å². The smallest absolute Gasteiger partial charge is 0.462 e. The summed E-state index contributed by atoms with van der Waals surface area (Å²) in [4.78, 5) is 35.0. The topological polar surface area (TPSA) is 134 Å². The van der Waals surface area contributed by atoms with E-state index in [2.05, 4.69) is 74.6 Å². The van der Waals surface area contributed by atoms with Gasteiger partial charge in [-0.2, -0.15) is 0 Å². The van der Waals surface area contributed by atoms with Gasteiger partial charge < -0.3 is 20.1 Å². The Balaban J connectivity index is 4.04. The van der Waals surface area contributed by atoms with Gasteiger partial charge in [0, 0.05) is 19.4 Å². The summed E-state index contributed by atoms with van der Waals surface area (Å²) in [5, 5.41) is 0. The number of phosphoric ester groups is 1. The Labute approximate surface area is 374 Å². The van der Waals surface area contributed by atoms with E-state index in [1.54, 1.807) is 0 Å². The van der Waals surface area contributed by atoms with Gasteiger partial charge in [-0.3, -0.25) is 18.6 Å². The molecule has 0 amide bonds. The number of phosphoric acid groups is 1. The molecule has 0 bridgehead atoms. The minimum atomic E-state index is -4.39. The molecular formula is C51H92NO8P. The molecule has 354 valence electrons. The molecule has 0 radical (unpaired) electrons. The molecule has 0 aliphatic heterocycles. The Kier molecular flexibility index (Phi) is 45.4. The van der Waals surface area contributed by atoms with Crippen molar-refractivity contribution >= 4 is 19.8 Å². The molecule has 9 nitrogen and oxygen atoms in total. The van der Waals surface area contributed by atoms with Gasteiger partial charge in [0.05, 0.1) is 13.2 Å². The molecule has 0 fully saturated rings.